The smallest absolute Gasteiger partial charge is 0.416 e. The first kappa shape index (κ1) is 24.4. The van der Waals surface area contributed by atoms with Gasteiger partial charge in [-0.2, -0.15) is 13.2 Å². The van der Waals surface area contributed by atoms with Crippen LogP contribution in [0.2, 0.25) is 0 Å². The Kier molecular flexibility index (Phi) is 7.84. The van der Waals surface area contributed by atoms with E-state index in [9.17, 15) is 22.8 Å². The predicted octanol–water partition coefficient (Wildman–Crippen LogP) is 5.48. The lowest BCUT2D eigenvalue weighted by Crippen LogP contribution is -2.41. The maximum absolute atomic E-state index is 12.5. The number of carboxylic acids is 2. The van der Waals surface area contributed by atoms with E-state index in [4.69, 9.17) is 10.2 Å². The topological polar surface area (TPSA) is 86.6 Å². The lowest BCUT2D eigenvalue weighted by Gasteiger charge is -2.38. The van der Waals surface area contributed by atoms with Gasteiger partial charge in [0.1, 0.15) is 0 Å². The van der Waals surface area contributed by atoms with Gasteiger partial charge in [-0.25, -0.2) is 9.59 Å². The van der Waals surface area contributed by atoms with Crippen LogP contribution in [-0.2, 0) is 11.7 Å². The molecule has 0 atom stereocenters. The summed E-state index contributed by atoms with van der Waals surface area (Å²) in [6.07, 6.45) is 1.20. The summed E-state index contributed by atoms with van der Waals surface area (Å²) in [5, 5.41) is 20.7. The molecule has 31 heavy (non-hydrogen) atoms. The molecule has 0 saturated heterocycles. The van der Waals surface area contributed by atoms with E-state index in [0.29, 0.717) is 0 Å². The molecule has 0 unspecified atom stereocenters. The van der Waals surface area contributed by atoms with Crippen LogP contribution >= 0.6 is 0 Å². The van der Waals surface area contributed by atoms with Crippen molar-refractivity contribution in [1.82, 2.24) is 5.32 Å². The Balaban J connectivity index is 0.000000233. The number of carbonyl (C=O) groups is 2. The monoisotopic (exact) mass is 437 g/mol. The van der Waals surface area contributed by atoms with Crippen LogP contribution in [0.3, 0.4) is 0 Å². The summed E-state index contributed by atoms with van der Waals surface area (Å²) in [4.78, 5) is 21.2. The molecule has 3 N–H and O–H groups in total. The molecule has 1 saturated carbocycles. The van der Waals surface area contributed by atoms with Crippen LogP contribution in [0, 0.1) is 6.92 Å². The van der Waals surface area contributed by atoms with Gasteiger partial charge in [0.2, 0.25) is 0 Å². The van der Waals surface area contributed by atoms with Gasteiger partial charge >= 0.3 is 18.1 Å². The summed E-state index contributed by atoms with van der Waals surface area (Å²) < 4.78 is 37.6. The van der Waals surface area contributed by atoms with E-state index in [-0.39, 0.29) is 22.2 Å². The lowest BCUT2D eigenvalue weighted by molar-refractivity contribution is -0.137. The molecule has 0 aromatic heterocycles. The van der Waals surface area contributed by atoms with Crippen LogP contribution in [0.5, 0.6) is 0 Å². The van der Waals surface area contributed by atoms with E-state index in [0.717, 1.165) is 31.2 Å². The maximum atomic E-state index is 12.5. The van der Waals surface area contributed by atoms with Crippen molar-refractivity contribution >= 4 is 11.9 Å². The summed E-state index contributed by atoms with van der Waals surface area (Å²) in [6.45, 7) is 1.48. The molecule has 1 aliphatic rings. The zero-order valence-electron chi connectivity index (χ0n) is 17.4. The number of aromatic carboxylic acids is 2. The van der Waals surface area contributed by atoms with E-state index < -0.39 is 23.7 Å². The third kappa shape index (κ3) is 5.85. The minimum Gasteiger partial charge on any atom is -0.478 e. The van der Waals surface area contributed by atoms with E-state index in [1.54, 1.807) is 12.1 Å². The molecule has 0 spiro atoms. The average Bonchev–Trinajstić information content (AvgIpc) is 2.74. The molecule has 1 fully saturated rings. The van der Waals surface area contributed by atoms with Gasteiger partial charge in [-0.05, 0) is 62.2 Å². The standard InChI is InChI=1S/C14H18F3N.C9H8O4/c1-18-13(9-3-2-4-10-13)11-5-7-12(8-6-11)14(15,16)17;1-5-6(8(10)11)3-2-4-7(5)9(12)13/h5-8,18H,2-4,9-10H2,1H3;2-4H,1H3,(H,10,11)(H,12,13). The molecule has 5 nitrogen and oxygen atoms in total. The molecule has 1 aliphatic carbocycles. The third-order valence-corrected chi connectivity index (χ3v) is 5.75. The van der Waals surface area contributed by atoms with Crippen LogP contribution in [-0.4, -0.2) is 29.2 Å². The highest BCUT2D eigenvalue weighted by Crippen LogP contribution is 2.38. The van der Waals surface area contributed by atoms with Gasteiger partial charge in [0, 0.05) is 5.54 Å². The van der Waals surface area contributed by atoms with Gasteiger partial charge in [0.25, 0.3) is 0 Å². The van der Waals surface area contributed by atoms with Gasteiger partial charge in [-0.1, -0.05) is 37.5 Å². The van der Waals surface area contributed by atoms with Gasteiger partial charge in [0.15, 0.2) is 0 Å². The number of halogens is 3. The van der Waals surface area contributed by atoms with Gasteiger partial charge in [0.05, 0.1) is 16.7 Å². The van der Waals surface area contributed by atoms with Crippen molar-refractivity contribution in [2.24, 2.45) is 0 Å². The fourth-order valence-corrected chi connectivity index (χ4v) is 3.92. The lowest BCUT2D eigenvalue weighted by atomic mass is 9.76. The Morgan fingerprint density at radius 2 is 1.39 bits per heavy atom. The van der Waals surface area contributed by atoms with Crippen molar-refractivity contribution in [2.75, 3.05) is 7.05 Å². The van der Waals surface area contributed by atoms with Crippen molar-refractivity contribution in [3.63, 3.8) is 0 Å². The van der Waals surface area contributed by atoms with E-state index in [2.05, 4.69) is 5.32 Å². The Bertz CT molecular complexity index is 885. The summed E-state index contributed by atoms with van der Waals surface area (Å²) in [7, 11) is 1.89. The second-order valence-corrected chi connectivity index (χ2v) is 7.56. The van der Waals surface area contributed by atoms with Crippen LogP contribution in [0.4, 0.5) is 13.2 Å². The Labute approximate surface area is 178 Å². The Hall–Kier alpha value is -2.87. The molecule has 2 aromatic rings. The highest BCUT2D eigenvalue weighted by Gasteiger charge is 2.34. The highest BCUT2D eigenvalue weighted by molar-refractivity contribution is 5.96. The summed E-state index contributed by atoms with van der Waals surface area (Å²) in [5.74, 6) is -2.22. The number of nitrogens with one attached hydrogen (secondary N) is 1. The first-order valence-corrected chi connectivity index (χ1v) is 9.94. The molecular formula is C23H26F3NO4. The number of alkyl halides is 3. The zero-order chi connectivity index (χ0) is 23.2. The SMILES string of the molecule is CNC1(c2ccc(C(F)(F)F)cc2)CCCCC1.Cc1c(C(=O)O)cccc1C(=O)O. The first-order chi connectivity index (χ1) is 14.5. The molecular weight excluding hydrogens is 411 g/mol. The molecule has 0 amide bonds. The minimum absolute atomic E-state index is 0.0277. The molecule has 0 radical (unpaired) electrons. The van der Waals surface area contributed by atoms with Crippen LogP contribution in [0.15, 0.2) is 42.5 Å². The molecule has 3 rings (SSSR count). The third-order valence-electron chi connectivity index (χ3n) is 5.75. The normalized spacial score (nSPS) is 15.5. The second-order valence-electron chi connectivity index (χ2n) is 7.56. The van der Waals surface area contributed by atoms with Crippen molar-refractivity contribution in [3.8, 4) is 0 Å². The van der Waals surface area contributed by atoms with E-state index in [1.165, 1.54) is 43.7 Å². The zero-order valence-corrected chi connectivity index (χ0v) is 17.4. The fraction of sp³-hybridized carbons (Fsp3) is 0.391. The minimum atomic E-state index is -4.25. The van der Waals surface area contributed by atoms with Gasteiger partial charge < -0.3 is 15.5 Å². The molecule has 2 aromatic carbocycles. The number of rotatable bonds is 4. The van der Waals surface area contributed by atoms with Crippen LogP contribution in [0.1, 0.15) is 69.5 Å². The van der Waals surface area contributed by atoms with Crippen molar-refractivity contribution in [1.29, 1.82) is 0 Å². The summed E-state index contributed by atoms with van der Waals surface area (Å²) >= 11 is 0. The van der Waals surface area contributed by atoms with Crippen LogP contribution in [0.25, 0.3) is 0 Å². The van der Waals surface area contributed by atoms with Crippen molar-refractivity contribution < 1.29 is 33.0 Å². The highest BCUT2D eigenvalue weighted by atomic mass is 19.4. The predicted molar refractivity (Wildman–Crippen MR) is 110 cm³/mol. The quantitative estimate of drug-likeness (QED) is 0.590. The van der Waals surface area contributed by atoms with Gasteiger partial charge in [-0.3, -0.25) is 0 Å². The molecule has 0 heterocycles. The molecule has 0 bridgehead atoms. The molecule has 168 valence electrons. The van der Waals surface area contributed by atoms with Crippen LogP contribution < -0.4 is 5.32 Å². The Morgan fingerprint density at radius 1 is 0.903 bits per heavy atom. The summed E-state index contributed by atoms with van der Waals surface area (Å²) in [6, 6.07) is 9.77. The van der Waals surface area contributed by atoms with Gasteiger partial charge in [-0.15, -0.1) is 0 Å². The number of carboxylic acid groups (broad SMARTS) is 2. The molecule has 0 aliphatic heterocycles. The number of hydrogen-bond donors (Lipinski definition) is 3. The average molecular weight is 437 g/mol. The molecule has 8 heteroatoms. The maximum Gasteiger partial charge on any atom is 0.416 e. The number of hydrogen-bond acceptors (Lipinski definition) is 3. The number of benzene rings is 2. The second kappa shape index (κ2) is 9.96. The largest absolute Gasteiger partial charge is 0.478 e. The van der Waals surface area contributed by atoms with Crippen molar-refractivity contribution in [2.45, 2.75) is 50.7 Å². The first-order valence-electron chi connectivity index (χ1n) is 9.94. The Morgan fingerprint density at radius 3 is 1.77 bits per heavy atom. The fourth-order valence-electron chi connectivity index (χ4n) is 3.92. The van der Waals surface area contributed by atoms with Crippen molar-refractivity contribution in [3.05, 3.63) is 70.3 Å². The van der Waals surface area contributed by atoms with E-state index >= 15 is 0 Å². The van der Waals surface area contributed by atoms with E-state index in [1.807, 2.05) is 7.05 Å². The summed E-state index contributed by atoms with van der Waals surface area (Å²) in [5.41, 5.74) is 0.593.